The van der Waals surface area contributed by atoms with E-state index in [2.05, 4.69) is 4.99 Å². The maximum Gasteiger partial charge on any atom is 0.272 e. The summed E-state index contributed by atoms with van der Waals surface area (Å²) in [6.07, 6.45) is 3.27. The molecule has 0 radical (unpaired) electrons. The average molecular weight is 374 g/mol. The molecule has 1 aromatic carbocycles. The number of rotatable bonds is 5. The van der Waals surface area contributed by atoms with Crippen LogP contribution < -0.4 is 14.3 Å². The fraction of sp³-hybridized carbons (Fsp3) is 0.222. The second kappa shape index (κ2) is 7.67. The van der Waals surface area contributed by atoms with E-state index in [1.54, 1.807) is 31.6 Å². The van der Waals surface area contributed by atoms with Gasteiger partial charge < -0.3 is 14.0 Å². The fourth-order valence-electron chi connectivity index (χ4n) is 2.50. The van der Waals surface area contributed by atoms with Crippen LogP contribution in [-0.2, 0) is 11.3 Å². The molecule has 0 atom stereocenters. The largest absolute Gasteiger partial charge is 0.495 e. The molecule has 3 rings (SSSR count). The summed E-state index contributed by atoms with van der Waals surface area (Å²) in [5.74, 6) is 1.18. The van der Waals surface area contributed by atoms with Crippen molar-refractivity contribution in [1.29, 1.82) is 0 Å². The summed E-state index contributed by atoms with van der Waals surface area (Å²) >= 11 is 3.00. The Morgan fingerprint density at radius 2 is 2.00 bits per heavy atom. The molecule has 0 fully saturated rings. The summed E-state index contributed by atoms with van der Waals surface area (Å²) in [7, 11) is 3.26. The Morgan fingerprint density at radius 3 is 2.64 bits per heavy atom. The van der Waals surface area contributed by atoms with Gasteiger partial charge in [-0.05, 0) is 36.6 Å². The van der Waals surface area contributed by atoms with Crippen LogP contribution in [0.4, 0.5) is 0 Å². The molecule has 25 heavy (non-hydrogen) atoms. The zero-order valence-corrected chi connectivity index (χ0v) is 15.8. The van der Waals surface area contributed by atoms with E-state index in [4.69, 9.17) is 9.47 Å². The zero-order chi connectivity index (χ0) is 17.8. The van der Waals surface area contributed by atoms with Crippen molar-refractivity contribution in [1.82, 2.24) is 4.57 Å². The quantitative estimate of drug-likeness (QED) is 0.636. The molecule has 2 aromatic heterocycles. The van der Waals surface area contributed by atoms with Crippen LogP contribution in [0, 0.1) is 0 Å². The molecule has 0 saturated carbocycles. The molecule has 0 aliphatic heterocycles. The van der Waals surface area contributed by atoms with Gasteiger partial charge in [0.2, 0.25) is 0 Å². The van der Waals surface area contributed by atoms with Crippen molar-refractivity contribution in [2.45, 2.75) is 13.5 Å². The minimum Gasteiger partial charge on any atom is -0.495 e. The van der Waals surface area contributed by atoms with Crippen molar-refractivity contribution in [3.63, 3.8) is 0 Å². The first kappa shape index (κ1) is 17.4. The summed E-state index contributed by atoms with van der Waals surface area (Å²) in [6, 6.07) is 7.62. The number of carbonyl (C=O) groups excluding carboxylic acids is 1. The van der Waals surface area contributed by atoms with Gasteiger partial charge in [0.15, 0.2) is 4.80 Å². The van der Waals surface area contributed by atoms with E-state index in [1.807, 2.05) is 41.1 Å². The molecule has 0 unspecified atom stereocenters. The molecule has 7 heteroatoms. The van der Waals surface area contributed by atoms with E-state index in [9.17, 15) is 4.79 Å². The number of nitrogens with zero attached hydrogens (tertiary/aromatic N) is 2. The Hall–Kier alpha value is -2.38. The van der Waals surface area contributed by atoms with Crippen molar-refractivity contribution in [2.75, 3.05) is 14.2 Å². The lowest BCUT2D eigenvalue weighted by Crippen LogP contribution is -2.15. The first-order valence-electron chi connectivity index (χ1n) is 7.72. The van der Waals surface area contributed by atoms with Gasteiger partial charge in [-0.1, -0.05) is 17.4 Å². The number of aryl methyl sites for hydroxylation is 1. The molecule has 0 aliphatic carbocycles. The zero-order valence-electron chi connectivity index (χ0n) is 14.2. The van der Waals surface area contributed by atoms with Crippen LogP contribution in [0.15, 0.2) is 40.7 Å². The van der Waals surface area contributed by atoms with Crippen molar-refractivity contribution in [3.8, 4) is 11.5 Å². The lowest BCUT2D eigenvalue weighted by molar-refractivity contribution is -0.113. The van der Waals surface area contributed by atoms with Gasteiger partial charge >= 0.3 is 0 Å². The molecule has 0 aliphatic rings. The Morgan fingerprint density at radius 1 is 1.24 bits per heavy atom. The molecular formula is C18H18N2O3S2. The highest BCUT2D eigenvalue weighted by atomic mass is 32.1. The van der Waals surface area contributed by atoms with Gasteiger partial charge in [0, 0.05) is 17.5 Å². The van der Waals surface area contributed by atoms with Crippen LogP contribution in [0.3, 0.4) is 0 Å². The first-order valence-corrected chi connectivity index (χ1v) is 9.42. The Kier molecular flexibility index (Phi) is 5.35. The molecule has 0 bridgehead atoms. The normalized spacial score (nSPS) is 12.2. The number of hydrogen-bond donors (Lipinski definition) is 0. The van der Waals surface area contributed by atoms with Crippen molar-refractivity contribution < 1.29 is 14.3 Å². The van der Waals surface area contributed by atoms with Crippen LogP contribution in [0.25, 0.3) is 16.3 Å². The van der Waals surface area contributed by atoms with Crippen LogP contribution in [0.2, 0.25) is 0 Å². The number of amides is 1. The molecule has 0 saturated heterocycles. The number of thiazole rings is 1. The highest BCUT2D eigenvalue weighted by Crippen LogP contribution is 2.35. The van der Waals surface area contributed by atoms with Crippen LogP contribution in [0.1, 0.15) is 11.8 Å². The van der Waals surface area contributed by atoms with E-state index < -0.39 is 0 Å². The van der Waals surface area contributed by atoms with Crippen LogP contribution in [-0.4, -0.2) is 24.7 Å². The summed E-state index contributed by atoms with van der Waals surface area (Å²) in [5.41, 5.74) is 0.892. The monoisotopic (exact) mass is 374 g/mol. The lowest BCUT2D eigenvalue weighted by atomic mass is 10.3. The third-order valence-corrected chi connectivity index (χ3v) is 5.58. The van der Waals surface area contributed by atoms with Gasteiger partial charge in [-0.3, -0.25) is 4.79 Å². The molecule has 3 aromatic rings. The summed E-state index contributed by atoms with van der Waals surface area (Å²) in [4.78, 5) is 18.2. The summed E-state index contributed by atoms with van der Waals surface area (Å²) in [5, 5.41) is 1.97. The van der Waals surface area contributed by atoms with Crippen molar-refractivity contribution in [3.05, 3.63) is 45.4 Å². The molecule has 2 heterocycles. The predicted octanol–water partition coefficient (Wildman–Crippen LogP) is 3.94. The number of methoxy groups -OCH3 is 2. The smallest absolute Gasteiger partial charge is 0.272 e. The van der Waals surface area contributed by atoms with E-state index >= 15 is 0 Å². The number of thiophene rings is 1. The average Bonchev–Trinajstić information content (AvgIpc) is 3.26. The van der Waals surface area contributed by atoms with Gasteiger partial charge in [0.1, 0.15) is 21.7 Å². The minimum atomic E-state index is -0.292. The number of benzene rings is 1. The second-order valence-electron chi connectivity index (χ2n) is 5.08. The molecule has 1 amide bonds. The molecule has 130 valence electrons. The van der Waals surface area contributed by atoms with E-state index in [1.165, 1.54) is 17.4 Å². The third kappa shape index (κ3) is 3.52. The Bertz CT molecular complexity index is 982. The van der Waals surface area contributed by atoms with Gasteiger partial charge in [0.05, 0.1) is 14.2 Å². The van der Waals surface area contributed by atoms with Crippen molar-refractivity contribution >= 4 is 44.9 Å². The maximum atomic E-state index is 12.2. The van der Waals surface area contributed by atoms with Crippen LogP contribution >= 0.6 is 22.7 Å². The molecular weight excluding hydrogens is 356 g/mol. The number of hydrogen-bond acceptors (Lipinski definition) is 5. The highest BCUT2D eigenvalue weighted by molar-refractivity contribution is 7.16. The topological polar surface area (TPSA) is 52.8 Å². The Balaban J connectivity index is 2.10. The van der Waals surface area contributed by atoms with Gasteiger partial charge in [-0.25, -0.2) is 0 Å². The van der Waals surface area contributed by atoms with Crippen LogP contribution in [0.5, 0.6) is 11.5 Å². The van der Waals surface area contributed by atoms with Gasteiger partial charge in [-0.2, -0.15) is 4.99 Å². The number of carbonyl (C=O) groups is 1. The van der Waals surface area contributed by atoms with Gasteiger partial charge in [-0.15, -0.1) is 11.3 Å². The highest BCUT2D eigenvalue weighted by Gasteiger charge is 2.15. The standard InChI is InChI=1S/C18H18N2O3S2/c1-4-20-16-13(22-2)8-9-14(23-3)17(16)25-18(20)19-15(21)10-7-12-6-5-11-24-12/h5-11H,4H2,1-3H3. The van der Waals surface area contributed by atoms with Gasteiger partial charge in [0.25, 0.3) is 5.91 Å². The predicted molar refractivity (Wildman–Crippen MR) is 103 cm³/mol. The summed E-state index contributed by atoms with van der Waals surface area (Å²) < 4.78 is 13.8. The maximum absolute atomic E-state index is 12.2. The van der Waals surface area contributed by atoms with E-state index in [0.717, 1.165) is 26.6 Å². The lowest BCUT2D eigenvalue weighted by Gasteiger charge is -2.08. The number of ether oxygens (including phenoxy) is 2. The second-order valence-corrected chi connectivity index (χ2v) is 7.03. The number of fused-ring (bicyclic) bond motifs is 1. The first-order chi connectivity index (χ1) is 12.2. The minimum absolute atomic E-state index is 0.292. The SMILES string of the molecule is CCn1c(=NC(=O)C=Cc2cccs2)sc2c(OC)ccc(OC)c21. The number of aromatic nitrogens is 1. The van der Waals surface area contributed by atoms with E-state index in [-0.39, 0.29) is 5.91 Å². The Labute approximate surface area is 153 Å². The van der Waals surface area contributed by atoms with Crippen molar-refractivity contribution in [2.24, 2.45) is 4.99 Å². The third-order valence-electron chi connectivity index (χ3n) is 3.65. The molecule has 5 nitrogen and oxygen atoms in total. The molecule has 0 spiro atoms. The summed E-state index contributed by atoms with van der Waals surface area (Å²) in [6.45, 7) is 2.68. The fourth-order valence-corrected chi connectivity index (χ4v) is 4.33. The van der Waals surface area contributed by atoms with E-state index in [0.29, 0.717) is 11.3 Å². The molecule has 0 N–H and O–H groups in total.